The third-order valence-electron chi connectivity index (χ3n) is 4.41. The van der Waals surface area contributed by atoms with Crippen molar-refractivity contribution in [3.05, 3.63) is 42.0 Å². The monoisotopic (exact) mass is 364 g/mol. The Morgan fingerprint density at radius 2 is 2.08 bits per heavy atom. The molecule has 0 saturated carbocycles. The molecule has 1 heterocycles. The summed E-state index contributed by atoms with van der Waals surface area (Å²) in [5.74, 6) is -0.466. The highest BCUT2D eigenvalue weighted by Gasteiger charge is 2.24. The molecule has 1 unspecified atom stereocenters. The van der Waals surface area contributed by atoms with Gasteiger partial charge in [0.05, 0.1) is 5.75 Å². The summed E-state index contributed by atoms with van der Waals surface area (Å²) < 4.78 is 22.9. The third-order valence-corrected chi connectivity index (χ3v) is 5.50. The van der Waals surface area contributed by atoms with Crippen LogP contribution in [0.3, 0.4) is 0 Å². The summed E-state index contributed by atoms with van der Waals surface area (Å²) in [6, 6.07) is 4.83. The second kappa shape index (κ2) is 7.39. The number of aryl methyl sites for hydroxylation is 1. The van der Waals surface area contributed by atoms with Crippen molar-refractivity contribution < 1.29 is 18.0 Å². The van der Waals surface area contributed by atoms with E-state index in [-0.39, 0.29) is 17.6 Å². The number of amides is 2. The highest BCUT2D eigenvalue weighted by molar-refractivity contribution is 7.90. The Labute approximate surface area is 149 Å². The first-order chi connectivity index (χ1) is 11.6. The number of nitrogens with zero attached hydrogens (tertiary/aromatic N) is 2. The molecule has 2 rings (SSSR count). The van der Waals surface area contributed by atoms with E-state index in [2.05, 4.69) is 6.58 Å². The number of fused-ring (bicyclic) bond motifs is 1. The Hall–Kier alpha value is -2.15. The molecule has 0 N–H and O–H groups in total. The molecule has 0 spiro atoms. The second-order valence-electron chi connectivity index (χ2n) is 6.50. The molecule has 0 radical (unpaired) electrons. The van der Waals surface area contributed by atoms with Crippen LogP contribution >= 0.6 is 0 Å². The molecule has 0 bridgehead atoms. The average Bonchev–Trinajstić information content (AvgIpc) is 2.57. The van der Waals surface area contributed by atoms with Crippen LogP contribution in [-0.4, -0.2) is 56.8 Å². The first kappa shape index (κ1) is 19.2. The van der Waals surface area contributed by atoms with Crippen LogP contribution in [0.15, 0.2) is 30.9 Å². The van der Waals surface area contributed by atoms with Crippen molar-refractivity contribution in [2.75, 3.05) is 30.5 Å². The van der Waals surface area contributed by atoms with Gasteiger partial charge in [0, 0.05) is 37.1 Å². The van der Waals surface area contributed by atoms with Crippen LogP contribution in [0, 0.1) is 0 Å². The average molecular weight is 364 g/mol. The van der Waals surface area contributed by atoms with Crippen molar-refractivity contribution in [3.8, 4) is 0 Å². The van der Waals surface area contributed by atoms with Gasteiger partial charge >= 0.3 is 0 Å². The smallest absolute Gasteiger partial charge is 0.253 e. The predicted octanol–water partition coefficient (Wildman–Crippen LogP) is 1.66. The maximum atomic E-state index is 12.7. The van der Waals surface area contributed by atoms with E-state index in [0.29, 0.717) is 12.1 Å². The van der Waals surface area contributed by atoms with Gasteiger partial charge in [-0.3, -0.25) is 9.59 Å². The number of benzene rings is 1. The Bertz CT molecular complexity index is 801. The molecule has 0 fully saturated rings. The van der Waals surface area contributed by atoms with E-state index in [1.54, 1.807) is 37.1 Å². The van der Waals surface area contributed by atoms with Crippen molar-refractivity contribution in [2.45, 2.75) is 25.8 Å². The van der Waals surface area contributed by atoms with E-state index < -0.39 is 15.9 Å². The first-order valence-corrected chi connectivity index (χ1v) is 10.2. The van der Waals surface area contributed by atoms with Crippen molar-refractivity contribution in [1.82, 2.24) is 4.90 Å². The van der Waals surface area contributed by atoms with Gasteiger partial charge in [0.25, 0.3) is 5.91 Å². The number of rotatable bonds is 5. The lowest BCUT2D eigenvalue weighted by Gasteiger charge is -2.30. The summed E-state index contributed by atoms with van der Waals surface area (Å²) in [6.07, 6.45) is 4.06. The summed E-state index contributed by atoms with van der Waals surface area (Å²) in [6.45, 7) is 5.87. The highest BCUT2D eigenvalue weighted by Crippen LogP contribution is 2.28. The van der Waals surface area contributed by atoms with Crippen LogP contribution in [0.25, 0.3) is 0 Å². The minimum Gasteiger partial charge on any atom is -0.338 e. The molecule has 1 atom stereocenters. The van der Waals surface area contributed by atoms with Gasteiger partial charge in [0.2, 0.25) is 5.91 Å². The van der Waals surface area contributed by atoms with E-state index in [0.717, 1.165) is 30.3 Å². The number of sulfone groups is 1. The van der Waals surface area contributed by atoms with Crippen LogP contribution in [0.5, 0.6) is 0 Å². The minimum atomic E-state index is -3.17. The molecule has 136 valence electrons. The molecule has 6 nitrogen and oxygen atoms in total. The maximum absolute atomic E-state index is 12.7. The summed E-state index contributed by atoms with van der Waals surface area (Å²) in [5.41, 5.74) is 2.24. The van der Waals surface area contributed by atoms with Gasteiger partial charge in [0.1, 0.15) is 9.84 Å². The first-order valence-electron chi connectivity index (χ1n) is 8.16. The zero-order valence-electron chi connectivity index (χ0n) is 14.9. The Balaban J connectivity index is 2.25. The molecule has 1 aromatic rings. The van der Waals surface area contributed by atoms with Crippen molar-refractivity contribution >= 4 is 27.3 Å². The summed E-state index contributed by atoms with van der Waals surface area (Å²) in [7, 11) is -1.56. The summed E-state index contributed by atoms with van der Waals surface area (Å²) >= 11 is 0. The van der Waals surface area contributed by atoms with E-state index in [9.17, 15) is 18.0 Å². The fourth-order valence-corrected chi connectivity index (χ4v) is 4.12. The van der Waals surface area contributed by atoms with Crippen molar-refractivity contribution in [3.63, 3.8) is 0 Å². The van der Waals surface area contributed by atoms with E-state index in [4.69, 9.17) is 0 Å². The molecule has 1 aliphatic heterocycles. The van der Waals surface area contributed by atoms with Gasteiger partial charge in [-0.15, -0.1) is 0 Å². The lowest BCUT2D eigenvalue weighted by Crippen LogP contribution is -2.39. The minimum absolute atomic E-state index is 0.0816. The normalized spacial score (nSPS) is 15.2. The Morgan fingerprint density at radius 1 is 1.40 bits per heavy atom. The van der Waals surface area contributed by atoms with Gasteiger partial charge in [-0.2, -0.15) is 0 Å². The number of hydrogen-bond acceptors (Lipinski definition) is 4. The van der Waals surface area contributed by atoms with E-state index in [1.165, 1.54) is 11.0 Å². The molecule has 25 heavy (non-hydrogen) atoms. The molecule has 0 aliphatic carbocycles. The number of anilines is 1. The van der Waals surface area contributed by atoms with Gasteiger partial charge in [-0.05, 0) is 49.6 Å². The molecular formula is C18H24N2O4S. The summed E-state index contributed by atoms with van der Waals surface area (Å²) in [5, 5.41) is 0. The Morgan fingerprint density at radius 3 is 2.68 bits per heavy atom. The van der Waals surface area contributed by atoms with Crippen LogP contribution in [0.1, 0.15) is 29.3 Å². The number of carbonyl (C=O) groups is 2. The topological polar surface area (TPSA) is 74.8 Å². The molecule has 0 saturated heterocycles. The van der Waals surface area contributed by atoms with Crippen LogP contribution in [-0.2, 0) is 21.1 Å². The molecule has 7 heteroatoms. The van der Waals surface area contributed by atoms with Crippen molar-refractivity contribution in [2.24, 2.45) is 0 Å². The zero-order valence-corrected chi connectivity index (χ0v) is 15.7. The molecule has 2 amide bonds. The van der Waals surface area contributed by atoms with Crippen LogP contribution in [0.2, 0.25) is 0 Å². The highest BCUT2D eigenvalue weighted by atomic mass is 32.2. The van der Waals surface area contributed by atoms with Gasteiger partial charge in [0.15, 0.2) is 0 Å². The standard InChI is InChI=1S/C18H24N2O4S/c1-5-17(21)20-10-6-7-14-11-15(8-9-16(14)20)18(22)19(3)13(2)12-25(4,23)24/h5,8-9,11,13H,1,6-7,10,12H2,2-4H3. The predicted molar refractivity (Wildman–Crippen MR) is 98.6 cm³/mol. The van der Waals surface area contributed by atoms with E-state index >= 15 is 0 Å². The quantitative estimate of drug-likeness (QED) is 0.745. The molecule has 1 aromatic carbocycles. The lowest BCUT2D eigenvalue weighted by atomic mass is 9.98. The fraction of sp³-hybridized carbons (Fsp3) is 0.444. The lowest BCUT2D eigenvalue weighted by molar-refractivity contribution is -0.114. The van der Waals surface area contributed by atoms with E-state index in [1.807, 2.05) is 0 Å². The molecule has 0 aromatic heterocycles. The molecular weight excluding hydrogens is 340 g/mol. The summed E-state index contributed by atoms with van der Waals surface area (Å²) in [4.78, 5) is 27.7. The number of hydrogen-bond donors (Lipinski definition) is 0. The van der Waals surface area contributed by atoms with Gasteiger partial charge < -0.3 is 9.80 Å². The largest absolute Gasteiger partial charge is 0.338 e. The maximum Gasteiger partial charge on any atom is 0.253 e. The van der Waals surface area contributed by atoms with Crippen molar-refractivity contribution in [1.29, 1.82) is 0 Å². The third kappa shape index (κ3) is 4.48. The van der Waals surface area contributed by atoms with Crippen LogP contribution < -0.4 is 4.90 Å². The fourth-order valence-electron chi connectivity index (χ4n) is 3.02. The SMILES string of the molecule is C=CC(=O)N1CCCc2cc(C(=O)N(C)C(C)CS(C)(=O)=O)ccc21. The van der Waals surface area contributed by atoms with Crippen LogP contribution in [0.4, 0.5) is 5.69 Å². The zero-order chi connectivity index (χ0) is 18.8. The second-order valence-corrected chi connectivity index (χ2v) is 8.68. The van der Waals surface area contributed by atoms with Gasteiger partial charge in [-0.1, -0.05) is 6.58 Å². The van der Waals surface area contributed by atoms with Gasteiger partial charge in [-0.25, -0.2) is 8.42 Å². The number of carbonyl (C=O) groups excluding carboxylic acids is 2. The molecule has 1 aliphatic rings. The Kier molecular flexibility index (Phi) is 5.67.